The van der Waals surface area contributed by atoms with Crippen molar-refractivity contribution in [2.75, 3.05) is 7.11 Å². The zero-order chi connectivity index (χ0) is 22.2. The lowest BCUT2D eigenvalue weighted by molar-refractivity contribution is -0.136. The van der Waals surface area contributed by atoms with E-state index in [9.17, 15) is 22.4 Å². The summed E-state index contributed by atoms with van der Waals surface area (Å²) in [4.78, 5) is 17.2. The number of aryl methyl sites for hydroxylation is 1. The number of hydrogen-bond donors (Lipinski definition) is 0. The molecule has 0 amide bonds. The van der Waals surface area contributed by atoms with E-state index in [0.717, 1.165) is 4.57 Å². The number of hydrogen-bond acceptors (Lipinski definition) is 4. The monoisotopic (exact) mass is 432 g/mol. The Morgan fingerprint density at radius 2 is 1.87 bits per heavy atom. The van der Waals surface area contributed by atoms with Crippen molar-refractivity contribution in [1.29, 1.82) is 0 Å². The summed E-state index contributed by atoms with van der Waals surface area (Å²) >= 11 is 0. The van der Waals surface area contributed by atoms with E-state index in [0.29, 0.717) is 22.5 Å². The van der Waals surface area contributed by atoms with Crippen LogP contribution in [0.15, 0.2) is 59.8 Å². The van der Waals surface area contributed by atoms with E-state index in [1.54, 1.807) is 6.20 Å². The Morgan fingerprint density at radius 3 is 2.61 bits per heavy atom. The third-order valence-corrected chi connectivity index (χ3v) is 4.75. The van der Waals surface area contributed by atoms with E-state index >= 15 is 0 Å². The highest BCUT2D eigenvalue weighted by Gasteiger charge is 2.27. The molecule has 160 valence electrons. The van der Waals surface area contributed by atoms with Gasteiger partial charge in [-0.2, -0.15) is 18.3 Å². The van der Waals surface area contributed by atoms with E-state index in [1.807, 2.05) is 0 Å². The number of nitrogens with zero attached hydrogens (tertiary/aromatic N) is 4. The number of pyridine rings is 1. The minimum Gasteiger partial charge on any atom is -0.496 e. The van der Waals surface area contributed by atoms with Crippen molar-refractivity contribution >= 4 is 5.65 Å². The van der Waals surface area contributed by atoms with Gasteiger partial charge in [0, 0.05) is 24.5 Å². The molecule has 0 bridgehead atoms. The van der Waals surface area contributed by atoms with Gasteiger partial charge in [0.25, 0.3) is 5.56 Å². The SMILES string of the molecule is COc1ccc(F)cc1-c1cnn2ccc(-c3cccn(CCC(F)(F)F)c3=O)nc12. The summed E-state index contributed by atoms with van der Waals surface area (Å²) in [6, 6.07) is 8.55. The number of aromatic nitrogens is 4. The van der Waals surface area contributed by atoms with E-state index in [4.69, 9.17) is 4.74 Å². The van der Waals surface area contributed by atoms with Gasteiger partial charge in [0.1, 0.15) is 11.6 Å². The minimum absolute atomic E-state index is 0.144. The molecule has 0 aliphatic carbocycles. The molecule has 1 aromatic carbocycles. The Bertz CT molecular complexity index is 1310. The number of alkyl halides is 3. The summed E-state index contributed by atoms with van der Waals surface area (Å²) in [6.07, 6.45) is -1.12. The van der Waals surface area contributed by atoms with Crippen molar-refractivity contribution in [2.24, 2.45) is 0 Å². The van der Waals surface area contributed by atoms with Crippen LogP contribution in [0, 0.1) is 5.82 Å². The van der Waals surface area contributed by atoms with Crippen molar-refractivity contribution < 1.29 is 22.3 Å². The molecule has 0 atom stereocenters. The van der Waals surface area contributed by atoms with Gasteiger partial charge in [-0.25, -0.2) is 13.9 Å². The maximum atomic E-state index is 13.8. The Balaban J connectivity index is 1.81. The third kappa shape index (κ3) is 4.14. The van der Waals surface area contributed by atoms with E-state index < -0.39 is 30.5 Å². The van der Waals surface area contributed by atoms with Crippen LogP contribution in [0.3, 0.4) is 0 Å². The van der Waals surface area contributed by atoms with Crippen LogP contribution in [0.2, 0.25) is 0 Å². The fraction of sp³-hybridized carbons (Fsp3) is 0.190. The average molecular weight is 432 g/mol. The van der Waals surface area contributed by atoms with Gasteiger partial charge in [-0.05, 0) is 36.4 Å². The fourth-order valence-corrected chi connectivity index (χ4v) is 3.25. The van der Waals surface area contributed by atoms with Crippen LogP contribution in [0.5, 0.6) is 5.75 Å². The number of methoxy groups -OCH3 is 1. The molecular formula is C21H16F4N4O2. The first-order valence-corrected chi connectivity index (χ1v) is 9.22. The smallest absolute Gasteiger partial charge is 0.390 e. The van der Waals surface area contributed by atoms with Gasteiger partial charge in [0.15, 0.2) is 5.65 Å². The molecule has 0 unspecified atom stereocenters. The molecule has 0 aliphatic rings. The average Bonchev–Trinajstić information content (AvgIpc) is 3.15. The molecule has 0 N–H and O–H groups in total. The molecule has 4 rings (SSSR count). The second-order valence-electron chi connectivity index (χ2n) is 6.77. The first-order chi connectivity index (χ1) is 14.8. The molecule has 0 aliphatic heterocycles. The maximum Gasteiger partial charge on any atom is 0.390 e. The molecule has 0 saturated heterocycles. The summed E-state index contributed by atoms with van der Waals surface area (Å²) in [7, 11) is 1.45. The van der Waals surface area contributed by atoms with Crippen LogP contribution in [0.25, 0.3) is 28.0 Å². The molecule has 4 aromatic rings. The number of fused-ring (bicyclic) bond motifs is 1. The van der Waals surface area contributed by atoms with Crippen LogP contribution >= 0.6 is 0 Å². The van der Waals surface area contributed by atoms with Crippen LogP contribution < -0.4 is 10.3 Å². The maximum absolute atomic E-state index is 13.8. The Labute approximate surface area is 173 Å². The number of ether oxygens (including phenoxy) is 1. The molecule has 3 aromatic heterocycles. The highest BCUT2D eigenvalue weighted by Crippen LogP contribution is 2.33. The topological polar surface area (TPSA) is 61.4 Å². The summed E-state index contributed by atoms with van der Waals surface area (Å²) in [5, 5.41) is 4.20. The standard InChI is InChI=1S/C21H16F4N4O2/c1-31-18-5-4-13(22)11-15(18)16-12-26-29-9-6-17(27-19(16)29)14-3-2-8-28(20(14)30)10-7-21(23,24)25/h2-6,8-9,11-12H,7,10H2,1H3. The summed E-state index contributed by atoms with van der Waals surface area (Å²) in [5.74, 6) is -0.0559. The molecule has 10 heteroatoms. The molecule has 0 fully saturated rings. The molecule has 6 nitrogen and oxygen atoms in total. The second-order valence-corrected chi connectivity index (χ2v) is 6.77. The highest BCUT2D eigenvalue weighted by molar-refractivity contribution is 5.82. The highest BCUT2D eigenvalue weighted by atomic mass is 19.4. The largest absolute Gasteiger partial charge is 0.496 e. The van der Waals surface area contributed by atoms with E-state index in [2.05, 4.69) is 10.1 Å². The lowest BCUT2D eigenvalue weighted by Gasteiger charge is -2.10. The van der Waals surface area contributed by atoms with Gasteiger partial charge in [-0.15, -0.1) is 0 Å². The zero-order valence-corrected chi connectivity index (χ0v) is 16.2. The van der Waals surface area contributed by atoms with Crippen molar-refractivity contribution in [3.05, 3.63) is 71.2 Å². The minimum atomic E-state index is -4.37. The van der Waals surface area contributed by atoms with Crippen LogP contribution in [0.1, 0.15) is 6.42 Å². The van der Waals surface area contributed by atoms with E-state index in [-0.39, 0.29) is 11.3 Å². The summed E-state index contributed by atoms with van der Waals surface area (Å²) in [6.45, 7) is -0.489. The van der Waals surface area contributed by atoms with Crippen molar-refractivity contribution in [3.8, 4) is 28.1 Å². The predicted octanol–water partition coefficient (Wildman–Crippen LogP) is 4.33. The normalized spacial score (nSPS) is 11.8. The van der Waals surface area contributed by atoms with E-state index in [1.165, 1.54) is 60.4 Å². The second kappa shape index (κ2) is 7.86. The van der Waals surface area contributed by atoms with Crippen LogP contribution in [-0.2, 0) is 6.54 Å². The van der Waals surface area contributed by atoms with Gasteiger partial charge in [-0.3, -0.25) is 4.79 Å². The number of rotatable bonds is 5. The molecule has 3 heterocycles. The molecule has 0 saturated carbocycles. The van der Waals surface area contributed by atoms with Crippen molar-refractivity contribution in [3.63, 3.8) is 0 Å². The van der Waals surface area contributed by atoms with Crippen molar-refractivity contribution in [1.82, 2.24) is 19.2 Å². The predicted molar refractivity (Wildman–Crippen MR) is 105 cm³/mol. The lowest BCUT2D eigenvalue weighted by Crippen LogP contribution is -2.24. The Hall–Kier alpha value is -3.69. The van der Waals surface area contributed by atoms with Gasteiger partial charge in [-0.1, -0.05) is 0 Å². The van der Waals surface area contributed by atoms with Crippen LogP contribution in [0.4, 0.5) is 17.6 Å². The van der Waals surface area contributed by atoms with Gasteiger partial charge < -0.3 is 9.30 Å². The van der Waals surface area contributed by atoms with Crippen molar-refractivity contribution in [2.45, 2.75) is 19.1 Å². The molecule has 0 radical (unpaired) electrons. The molecule has 31 heavy (non-hydrogen) atoms. The molecule has 0 spiro atoms. The van der Waals surface area contributed by atoms with Gasteiger partial charge in [0.2, 0.25) is 0 Å². The quantitative estimate of drug-likeness (QED) is 0.441. The Morgan fingerprint density at radius 1 is 1.06 bits per heavy atom. The van der Waals surface area contributed by atoms with Crippen LogP contribution in [-0.4, -0.2) is 32.5 Å². The number of benzene rings is 1. The Kier molecular flexibility index (Phi) is 5.22. The molecular weight excluding hydrogens is 416 g/mol. The first kappa shape index (κ1) is 20.6. The third-order valence-electron chi connectivity index (χ3n) is 4.75. The summed E-state index contributed by atoms with van der Waals surface area (Å²) < 4.78 is 59.3. The van der Waals surface area contributed by atoms with Gasteiger partial charge in [0.05, 0.1) is 36.5 Å². The number of halogens is 4. The summed E-state index contributed by atoms with van der Waals surface area (Å²) in [5.41, 5.74) is 1.06. The fourth-order valence-electron chi connectivity index (χ4n) is 3.25. The first-order valence-electron chi connectivity index (χ1n) is 9.22. The lowest BCUT2D eigenvalue weighted by atomic mass is 10.1. The zero-order valence-electron chi connectivity index (χ0n) is 16.2. The van der Waals surface area contributed by atoms with Gasteiger partial charge >= 0.3 is 6.18 Å².